The molecule has 3 aromatic rings. The van der Waals surface area contributed by atoms with Crippen LogP contribution in [0.4, 0.5) is 13.2 Å². The molecular formula is C18H18ClF3N4O2S. The van der Waals surface area contributed by atoms with Gasteiger partial charge >= 0.3 is 6.18 Å². The summed E-state index contributed by atoms with van der Waals surface area (Å²) in [4.78, 5) is 21.7. The van der Waals surface area contributed by atoms with Gasteiger partial charge in [-0.15, -0.1) is 0 Å². The van der Waals surface area contributed by atoms with Crippen LogP contribution in [0.15, 0.2) is 34.5 Å². The van der Waals surface area contributed by atoms with E-state index in [1.165, 1.54) is 10.9 Å². The molecule has 156 valence electrons. The number of nitrogens with zero attached hydrogens (tertiary/aromatic N) is 4. The summed E-state index contributed by atoms with van der Waals surface area (Å²) in [5, 5.41) is 0.506. The maximum Gasteiger partial charge on any atom is 0.389 e. The Balaban J connectivity index is 2.15. The first-order chi connectivity index (χ1) is 13.7. The molecule has 1 aromatic carbocycles. The highest BCUT2D eigenvalue weighted by Gasteiger charge is 2.27. The zero-order valence-corrected chi connectivity index (χ0v) is 17.2. The van der Waals surface area contributed by atoms with Gasteiger partial charge in [0.1, 0.15) is 5.75 Å². The number of aryl methyl sites for hydroxylation is 1. The van der Waals surface area contributed by atoms with E-state index in [1.54, 1.807) is 29.7 Å². The van der Waals surface area contributed by atoms with Crippen LogP contribution in [0.5, 0.6) is 5.75 Å². The summed E-state index contributed by atoms with van der Waals surface area (Å²) >= 11 is 6.98. The van der Waals surface area contributed by atoms with E-state index >= 15 is 0 Å². The Kier molecular flexibility index (Phi) is 6.42. The molecule has 0 bridgehead atoms. The van der Waals surface area contributed by atoms with Gasteiger partial charge in [-0.3, -0.25) is 9.36 Å². The number of hydrogen-bond acceptors (Lipinski definition) is 5. The molecule has 0 spiro atoms. The zero-order valence-electron chi connectivity index (χ0n) is 15.7. The van der Waals surface area contributed by atoms with Crippen molar-refractivity contribution in [3.05, 3.63) is 39.9 Å². The van der Waals surface area contributed by atoms with Crippen molar-refractivity contribution < 1.29 is 17.9 Å². The van der Waals surface area contributed by atoms with Gasteiger partial charge in [-0.05, 0) is 26.0 Å². The van der Waals surface area contributed by atoms with Crippen LogP contribution >= 0.6 is 23.4 Å². The van der Waals surface area contributed by atoms with Crippen LogP contribution in [0.3, 0.4) is 0 Å². The molecule has 29 heavy (non-hydrogen) atoms. The molecule has 2 aromatic heterocycles. The Bertz CT molecular complexity index is 1080. The Morgan fingerprint density at radius 1 is 1.28 bits per heavy atom. The highest BCUT2D eigenvalue weighted by atomic mass is 35.5. The lowest BCUT2D eigenvalue weighted by atomic mass is 10.3. The Hall–Kier alpha value is -2.20. The number of rotatable bonds is 7. The Morgan fingerprint density at radius 2 is 2.03 bits per heavy atom. The van der Waals surface area contributed by atoms with Gasteiger partial charge in [-0.1, -0.05) is 23.4 Å². The minimum absolute atomic E-state index is 0.139. The van der Waals surface area contributed by atoms with Gasteiger partial charge in [-0.2, -0.15) is 13.2 Å². The van der Waals surface area contributed by atoms with E-state index in [0.29, 0.717) is 35.3 Å². The molecule has 0 N–H and O–H groups in total. The van der Waals surface area contributed by atoms with E-state index in [9.17, 15) is 18.0 Å². The van der Waals surface area contributed by atoms with Crippen LogP contribution in [0.25, 0.3) is 16.9 Å². The second-order valence-electron chi connectivity index (χ2n) is 6.00. The van der Waals surface area contributed by atoms with Crippen LogP contribution in [-0.2, 0) is 6.54 Å². The lowest BCUT2D eigenvalue weighted by Crippen LogP contribution is -2.22. The van der Waals surface area contributed by atoms with Crippen molar-refractivity contribution in [3.8, 4) is 11.4 Å². The molecule has 3 rings (SSSR count). The maximum absolute atomic E-state index is 13.1. The Labute approximate surface area is 173 Å². The highest BCUT2D eigenvalue weighted by molar-refractivity contribution is 7.99. The van der Waals surface area contributed by atoms with Crippen LogP contribution in [0, 0.1) is 0 Å². The van der Waals surface area contributed by atoms with E-state index in [-0.39, 0.29) is 16.4 Å². The van der Waals surface area contributed by atoms with Crippen molar-refractivity contribution in [2.24, 2.45) is 0 Å². The van der Waals surface area contributed by atoms with Crippen LogP contribution in [0.1, 0.15) is 20.3 Å². The standard InChI is InChI=1S/C18H18ClF3N4O2S/c1-3-25-10-23-14-15(25)24-17(29-8-7-18(20,21)22)26(16(14)27)11-5-6-12(19)13(9-11)28-4-2/h5-6,9-10H,3-4,7-8H2,1-2H3. The minimum Gasteiger partial charge on any atom is -0.492 e. The van der Waals surface area contributed by atoms with Crippen molar-refractivity contribution in [1.29, 1.82) is 0 Å². The molecule has 6 nitrogen and oxygen atoms in total. The van der Waals surface area contributed by atoms with Gasteiger partial charge < -0.3 is 9.30 Å². The largest absolute Gasteiger partial charge is 0.492 e. The van der Waals surface area contributed by atoms with Crippen molar-refractivity contribution in [2.45, 2.75) is 38.1 Å². The molecule has 0 saturated carbocycles. The van der Waals surface area contributed by atoms with Gasteiger partial charge in [0, 0.05) is 18.4 Å². The summed E-state index contributed by atoms with van der Waals surface area (Å²) in [7, 11) is 0. The fourth-order valence-electron chi connectivity index (χ4n) is 2.69. The quantitative estimate of drug-likeness (QED) is 0.389. The lowest BCUT2D eigenvalue weighted by Gasteiger charge is -2.14. The third-order valence-electron chi connectivity index (χ3n) is 4.04. The fraction of sp³-hybridized carbons (Fsp3) is 0.389. The zero-order chi connectivity index (χ0) is 21.2. The number of thioether (sulfide) groups is 1. The number of benzene rings is 1. The van der Waals surface area contributed by atoms with Gasteiger partial charge in [0.2, 0.25) is 0 Å². The molecule has 2 heterocycles. The van der Waals surface area contributed by atoms with Gasteiger partial charge in [0.15, 0.2) is 16.3 Å². The summed E-state index contributed by atoms with van der Waals surface area (Å²) in [6.45, 7) is 4.54. The van der Waals surface area contributed by atoms with Crippen LogP contribution < -0.4 is 10.3 Å². The van der Waals surface area contributed by atoms with E-state index in [2.05, 4.69) is 9.97 Å². The average Bonchev–Trinajstić information content (AvgIpc) is 3.06. The number of aromatic nitrogens is 4. The van der Waals surface area contributed by atoms with E-state index in [1.807, 2.05) is 6.92 Å². The summed E-state index contributed by atoms with van der Waals surface area (Å²) < 4.78 is 46.2. The molecule has 0 atom stereocenters. The lowest BCUT2D eigenvalue weighted by molar-refractivity contribution is -0.129. The molecule has 11 heteroatoms. The monoisotopic (exact) mass is 446 g/mol. The molecule has 0 fully saturated rings. The first kappa shape index (κ1) is 21.5. The van der Waals surface area contributed by atoms with E-state index < -0.39 is 18.2 Å². The first-order valence-corrected chi connectivity index (χ1v) is 10.2. The number of hydrogen-bond donors (Lipinski definition) is 0. The molecule has 0 aliphatic heterocycles. The predicted molar refractivity (Wildman–Crippen MR) is 106 cm³/mol. The maximum atomic E-state index is 13.1. The van der Waals surface area contributed by atoms with Crippen molar-refractivity contribution >= 4 is 34.5 Å². The van der Waals surface area contributed by atoms with E-state index in [4.69, 9.17) is 16.3 Å². The van der Waals surface area contributed by atoms with Crippen molar-refractivity contribution in [2.75, 3.05) is 12.4 Å². The molecule has 0 aliphatic carbocycles. The topological polar surface area (TPSA) is 61.9 Å². The van der Waals surface area contributed by atoms with Crippen molar-refractivity contribution in [3.63, 3.8) is 0 Å². The summed E-state index contributed by atoms with van der Waals surface area (Å²) in [6, 6.07) is 4.71. The Morgan fingerprint density at radius 3 is 2.69 bits per heavy atom. The smallest absolute Gasteiger partial charge is 0.389 e. The number of alkyl halides is 3. The first-order valence-electron chi connectivity index (χ1n) is 8.85. The molecule has 0 saturated heterocycles. The normalized spacial score (nSPS) is 11.9. The number of fused-ring (bicyclic) bond motifs is 1. The molecule has 0 unspecified atom stereocenters. The second-order valence-corrected chi connectivity index (χ2v) is 7.47. The number of halogens is 4. The second kappa shape index (κ2) is 8.66. The summed E-state index contributed by atoms with van der Waals surface area (Å²) in [5.74, 6) is 0.0946. The predicted octanol–water partition coefficient (Wildman–Crippen LogP) is 4.70. The number of imidazole rings is 1. The highest BCUT2D eigenvalue weighted by Crippen LogP contribution is 2.30. The molecule has 0 radical (unpaired) electrons. The minimum atomic E-state index is -4.30. The fourth-order valence-corrected chi connectivity index (χ4v) is 3.85. The van der Waals surface area contributed by atoms with Crippen LogP contribution in [0.2, 0.25) is 5.02 Å². The van der Waals surface area contributed by atoms with Crippen LogP contribution in [-0.4, -0.2) is 37.6 Å². The molecule has 0 amide bonds. The van der Waals surface area contributed by atoms with E-state index in [0.717, 1.165) is 11.8 Å². The summed E-state index contributed by atoms with van der Waals surface area (Å²) in [5.41, 5.74) is 0.390. The van der Waals surface area contributed by atoms with Gasteiger partial charge in [0.05, 0.1) is 30.1 Å². The molecule has 0 aliphatic rings. The van der Waals surface area contributed by atoms with Gasteiger partial charge in [0.25, 0.3) is 5.56 Å². The van der Waals surface area contributed by atoms with Crippen molar-refractivity contribution in [1.82, 2.24) is 19.1 Å². The SMILES string of the molecule is CCOc1cc(-n2c(SCCC(F)(F)F)nc3c(ncn3CC)c2=O)ccc1Cl. The number of ether oxygens (including phenoxy) is 1. The molecular weight excluding hydrogens is 429 g/mol. The third-order valence-corrected chi connectivity index (χ3v) is 5.29. The average molecular weight is 447 g/mol. The third kappa shape index (κ3) is 4.69. The summed E-state index contributed by atoms with van der Waals surface area (Å²) in [6.07, 6.45) is -3.81. The van der Waals surface area contributed by atoms with Gasteiger partial charge in [-0.25, -0.2) is 9.97 Å².